The van der Waals surface area contributed by atoms with E-state index in [4.69, 9.17) is 0 Å². The Labute approximate surface area is 157 Å². The van der Waals surface area contributed by atoms with Crippen LogP contribution >= 0.6 is 0 Å². The summed E-state index contributed by atoms with van der Waals surface area (Å²) in [5.41, 5.74) is 5.10. The normalized spacial score (nSPS) is 18.8. The van der Waals surface area contributed by atoms with Crippen LogP contribution in [0.3, 0.4) is 0 Å². The standard InChI is InChI=1S/C24H30O2/c1-23(2)14-15-24(3,4)21-16-18(11-13-20(21)23)19(22(25)26)12-10-17-8-6-5-7-9-17/h5-9,11,13,16,19H,10,12,14-15H2,1-4H3,(H,25,26). The first-order valence-corrected chi connectivity index (χ1v) is 9.62. The number of carboxylic acid groups (broad SMARTS) is 1. The molecular weight excluding hydrogens is 320 g/mol. The van der Waals surface area contributed by atoms with Gasteiger partial charge in [-0.15, -0.1) is 0 Å². The molecule has 26 heavy (non-hydrogen) atoms. The average Bonchev–Trinajstić information content (AvgIpc) is 2.60. The van der Waals surface area contributed by atoms with Gasteiger partial charge in [-0.3, -0.25) is 4.79 Å². The van der Waals surface area contributed by atoms with E-state index >= 15 is 0 Å². The van der Waals surface area contributed by atoms with E-state index < -0.39 is 11.9 Å². The summed E-state index contributed by atoms with van der Waals surface area (Å²) in [5.74, 6) is -1.19. The van der Waals surface area contributed by atoms with Crippen molar-refractivity contribution in [2.24, 2.45) is 0 Å². The van der Waals surface area contributed by atoms with Crippen LogP contribution in [-0.4, -0.2) is 11.1 Å². The molecule has 0 spiro atoms. The molecule has 0 aromatic heterocycles. The molecule has 0 amide bonds. The van der Waals surface area contributed by atoms with Gasteiger partial charge in [0.1, 0.15) is 0 Å². The van der Waals surface area contributed by atoms with Crippen LogP contribution in [0.4, 0.5) is 0 Å². The molecule has 0 aliphatic heterocycles. The van der Waals surface area contributed by atoms with Crippen LogP contribution in [0.25, 0.3) is 0 Å². The van der Waals surface area contributed by atoms with E-state index in [1.54, 1.807) is 0 Å². The monoisotopic (exact) mass is 350 g/mol. The number of hydrogen-bond donors (Lipinski definition) is 1. The van der Waals surface area contributed by atoms with Crippen molar-refractivity contribution in [2.75, 3.05) is 0 Å². The van der Waals surface area contributed by atoms with Crippen molar-refractivity contribution in [3.05, 3.63) is 70.8 Å². The minimum Gasteiger partial charge on any atom is -0.481 e. The topological polar surface area (TPSA) is 37.3 Å². The first-order valence-electron chi connectivity index (χ1n) is 9.62. The predicted octanol–water partition coefficient (Wildman–Crippen LogP) is 5.84. The second-order valence-electron chi connectivity index (χ2n) is 8.99. The summed E-state index contributed by atoms with van der Waals surface area (Å²) in [6.45, 7) is 9.16. The summed E-state index contributed by atoms with van der Waals surface area (Å²) in [5, 5.41) is 9.84. The van der Waals surface area contributed by atoms with Crippen LogP contribution in [-0.2, 0) is 22.0 Å². The van der Waals surface area contributed by atoms with E-state index in [9.17, 15) is 9.90 Å². The molecular formula is C24H30O2. The van der Waals surface area contributed by atoms with Crippen LogP contribution in [0.15, 0.2) is 48.5 Å². The smallest absolute Gasteiger partial charge is 0.310 e. The van der Waals surface area contributed by atoms with Gasteiger partial charge >= 0.3 is 5.97 Å². The molecule has 3 rings (SSSR count). The van der Waals surface area contributed by atoms with Gasteiger partial charge in [0.15, 0.2) is 0 Å². The Kier molecular flexibility index (Phi) is 4.96. The highest BCUT2D eigenvalue weighted by Gasteiger charge is 2.37. The number of carbonyl (C=O) groups is 1. The first-order chi connectivity index (χ1) is 12.2. The van der Waals surface area contributed by atoms with Crippen molar-refractivity contribution < 1.29 is 9.90 Å². The molecule has 0 saturated heterocycles. The molecule has 1 unspecified atom stereocenters. The molecule has 0 saturated carbocycles. The van der Waals surface area contributed by atoms with E-state index in [0.717, 1.165) is 18.4 Å². The van der Waals surface area contributed by atoms with Crippen molar-refractivity contribution in [3.8, 4) is 0 Å². The predicted molar refractivity (Wildman–Crippen MR) is 107 cm³/mol. The third-order valence-corrected chi connectivity index (χ3v) is 6.14. The highest BCUT2D eigenvalue weighted by Crippen LogP contribution is 2.46. The van der Waals surface area contributed by atoms with Crippen LogP contribution in [0.2, 0.25) is 0 Å². The minimum absolute atomic E-state index is 0.101. The van der Waals surface area contributed by atoms with E-state index in [0.29, 0.717) is 6.42 Å². The van der Waals surface area contributed by atoms with Crippen LogP contribution in [0.1, 0.15) is 75.1 Å². The van der Waals surface area contributed by atoms with Crippen LogP contribution in [0.5, 0.6) is 0 Å². The molecule has 0 radical (unpaired) electrons. The Morgan fingerprint density at radius 2 is 1.58 bits per heavy atom. The Balaban J connectivity index is 1.92. The van der Waals surface area contributed by atoms with Crippen LogP contribution in [0, 0.1) is 0 Å². The average molecular weight is 351 g/mol. The molecule has 2 nitrogen and oxygen atoms in total. The first kappa shape index (κ1) is 18.7. The van der Waals surface area contributed by atoms with Gasteiger partial charge in [-0.25, -0.2) is 0 Å². The maximum atomic E-state index is 12.0. The molecule has 2 heteroatoms. The molecule has 1 aliphatic rings. The lowest BCUT2D eigenvalue weighted by Crippen LogP contribution is -2.34. The third kappa shape index (κ3) is 3.70. The molecule has 0 heterocycles. The highest BCUT2D eigenvalue weighted by molar-refractivity contribution is 5.76. The van der Waals surface area contributed by atoms with Crippen molar-refractivity contribution in [1.82, 2.24) is 0 Å². The molecule has 2 aromatic rings. The van der Waals surface area contributed by atoms with Crippen molar-refractivity contribution in [3.63, 3.8) is 0 Å². The maximum absolute atomic E-state index is 12.0. The number of hydrogen-bond acceptors (Lipinski definition) is 1. The number of aryl methyl sites for hydroxylation is 1. The van der Waals surface area contributed by atoms with Crippen molar-refractivity contribution in [1.29, 1.82) is 0 Å². The lowest BCUT2D eigenvalue weighted by Gasteiger charge is -2.42. The molecule has 0 fully saturated rings. The number of rotatable bonds is 5. The van der Waals surface area contributed by atoms with Crippen molar-refractivity contribution in [2.45, 2.75) is 70.1 Å². The zero-order valence-electron chi connectivity index (χ0n) is 16.4. The molecule has 138 valence electrons. The highest BCUT2D eigenvalue weighted by atomic mass is 16.4. The zero-order chi connectivity index (χ0) is 18.9. The number of fused-ring (bicyclic) bond motifs is 1. The fourth-order valence-electron chi connectivity index (χ4n) is 4.21. The molecule has 2 aromatic carbocycles. The SMILES string of the molecule is CC1(C)CCC(C)(C)c2cc(C(CCc3ccccc3)C(=O)O)ccc21. The van der Waals surface area contributed by atoms with Gasteiger partial charge in [-0.1, -0.05) is 76.2 Å². The number of aliphatic carboxylic acids is 1. The Morgan fingerprint density at radius 3 is 2.19 bits per heavy atom. The van der Waals surface area contributed by atoms with Crippen LogP contribution < -0.4 is 0 Å². The Bertz CT molecular complexity index is 787. The maximum Gasteiger partial charge on any atom is 0.310 e. The summed E-state index contributed by atoms with van der Waals surface area (Å²) >= 11 is 0. The van der Waals surface area contributed by atoms with Gasteiger partial charge in [0.25, 0.3) is 0 Å². The number of benzene rings is 2. The van der Waals surface area contributed by atoms with E-state index in [-0.39, 0.29) is 10.8 Å². The molecule has 1 aliphatic carbocycles. The summed E-state index contributed by atoms with van der Waals surface area (Å²) in [7, 11) is 0. The zero-order valence-corrected chi connectivity index (χ0v) is 16.4. The van der Waals surface area contributed by atoms with E-state index in [1.165, 1.54) is 23.1 Å². The molecule has 0 bridgehead atoms. The quantitative estimate of drug-likeness (QED) is 0.736. The van der Waals surface area contributed by atoms with Gasteiger partial charge in [0, 0.05) is 0 Å². The fraction of sp³-hybridized carbons (Fsp3) is 0.458. The van der Waals surface area contributed by atoms with Gasteiger partial charge in [-0.2, -0.15) is 0 Å². The Hall–Kier alpha value is -2.09. The molecule has 1 N–H and O–H groups in total. The fourth-order valence-corrected chi connectivity index (χ4v) is 4.21. The summed E-state index contributed by atoms with van der Waals surface area (Å²) in [6.07, 6.45) is 3.71. The Morgan fingerprint density at radius 1 is 0.962 bits per heavy atom. The van der Waals surface area contributed by atoms with E-state index in [2.05, 4.69) is 52.0 Å². The third-order valence-electron chi connectivity index (χ3n) is 6.14. The lowest BCUT2D eigenvalue weighted by molar-refractivity contribution is -0.138. The molecule has 1 atom stereocenters. The largest absolute Gasteiger partial charge is 0.481 e. The summed E-state index contributed by atoms with van der Waals surface area (Å²) < 4.78 is 0. The van der Waals surface area contributed by atoms with Gasteiger partial charge < -0.3 is 5.11 Å². The summed E-state index contributed by atoms with van der Waals surface area (Å²) in [6, 6.07) is 16.6. The second-order valence-corrected chi connectivity index (χ2v) is 8.99. The van der Waals surface area contributed by atoms with Gasteiger partial charge in [0.05, 0.1) is 5.92 Å². The second kappa shape index (κ2) is 6.90. The number of carboxylic acids is 1. The lowest BCUT2D eigenvalue weighted by atomic mass is 9.62. The summed E-state index contributed by atoms with van der Waals surface area (Å²) in [4.78, 5) is 12.0. The van der Waals surface area contributed by atoms with Crippen molar-refractivity contribution >= 4 is 5.97 Å². The van der Waals surface area contributed by atoms with Gasteiger partial charge in [0.2, 0.25) is 0 Å². The minimum atomic E-state index is -0.728. The van der Waals surface area contributed by atoms with E-state index in [1.807, 2.05) is 24.3 Å². The van der Waals surface area contributed by atoms with Gasteiger partial charge in [-0.05, 0) is 58.8 Å².